The number of nitrogens with zero attached hydrogens (tertiary/aromatic N) is 3. The largest absolute Gasteiger partial charge is 0.388 e. The standard InChI is InChI=1S/C12H13N3O/c1-15(10-5-3-2-4-6-10)12-7-8-13-11(9-16)14-12/h2-8,16H,9H2,1H3. The van der Waals surface area contributed by atoms with Crippen molar-refractivity contribution in [2.75, 3.05) is 11.9 Å². The minimum atomic E-state index is -0.142. The third-order valence-electron chi connectivity index (χ3n) is 2.32. The van der Waals surface area contributed by atoms with Gasteiger partial charge in [0, 0.05) is 18.9 Å². The van der Waals surface area contributed by atoms with Crippen molar-refractivity contribution in [3.8, 4) is 0 Å². The summed E-state index contributed by atoms with van der Waals surface area (Å²) in [6.45, 7) is -0.142. The zero-order valence-electron chi connectivity index (χ0n) is 9.04. The number of hydrogen-bond donors (Lipinski definition) is 1. The molecule has 0 aliphatic carbocycles. The average molecular weight is 215 g/mol. The second-order valence-electron chi connectivity index (χ2n) is 3.38. The molecule has 1 aromatic heterocycles. The normalized spacial score (nSPS) is 10.1. The fraction of sp³-hybridized carbons (Fsp3) is 0.167. The summed E-state index contributed by atoms with van der Waals surface area (Å²) < 4.78 is 0. The maximum atomic E-state index is 8.97. The fourth-order valence-electron chi connectivity index (χ4n) is 1.44. The SMILES string of the molecule is CN(c1ccccc1)c1ccnc(CO)n1. The topological polar surface area (TPSA) is 49.2 Å². The minimum absolute atomic E-state index is 0.142. The Labute approximate surface area is 94.2 Å². The Morgan fingerprint density at radius 2 is 1.94 bits per heavy atom. The molecule has 1 aromatic carbocycles. The Hall–Kier alpha value is -1.94. The van der Waals surface area contributed by atoms with Gasteiger partial charge in [-0.3, -0.25) is 0 Å². The fourth-order valence-corrected chi connectivity index (χ4v) is 1.44. The maximum Gasteiger partial charge on any atom is 0.156 e. The molecule has 0 aliphatic rings. The number of benzene rings is 1. The molecule has 0 radical (unpaired) electrons. The van der Waals surface area contributed by atoms with E-state index in [1.165, 1.54) is 0 Å². The highest BCUT2D eigenvalue weighted by molar-refractivity contribution is 5.58. The van der Waals surface area contributed by atoms with Crippen LogP contribution in [0.3, 0.4) is 0 Å². The van der Waals surface area contributed by atoms with Gasteiger partial charge in [-0.2, -0.15) is 0 Å². The number of para-hydroxylation sites is 1. The molecule has 0 bridgehead atoms. The number of aliphatic hydroxyl groups is 1. The van der Waals surface area contributed by atoms with Crippen molar-refractivity contribution in [2.24, 2.45) is 0 Å². The van der Waals surface area contributed by atoms with Crippen molar-refractivity contribution in [2.45, 2.75) is 6.61 Å². The molecule has 1 heterocycles. The lowest BCUT2D eigenvalue weighted by Crippen LogP contribution is -2.12. The van der Waals surface area contributed by atoms with Crippen LogP contribution in [0.25, 0.3) is 0 Å². The van der Waals surface area contributed by atoms with Crippen LogP contribution in [0.2, 0.25) is 0 Å². The summed E-state index contributed by atoms with van der Waals surface area (Å²) in [7, 11) is 1.93. The predicted molar refractivity (Wildman–Crippen MR) is 62.5 cm³/mol. The Kier molecular flexibility index (Phi) is 3.12. The Morgan fingerprint density at radius 3 is 2.62 bits per heavy atom. The second kappa shape index (κ2) is 4.72. The van der Waals surface area contributed by atoms with Crippen LogP contribution in [-0.2, 0) is 6.61 Å². The predicted octanol–water partition coefficient (Wildman–Crippen LogP) is 1.74. The quantitative estimate of drug-likeness (QED) is 0.847. The van der Waals surface area contributed by atoms with Gasteiger partial charge in [0.2, 0.25) is 0 Å². The van der Waals surface area contributed by atoms with Gasteiger partial charge in [-0.05, 0) is 18.2 Å². The molecule has 4 heteroatoms. The lowest BCUT2D eigenvalue weighted by atomic mass is 10.3. The van der Waals surface area contributed by atoms with Gasteiger partial charge in [0.05, 0.1) is 0 Å². The number of hydrogen-bond acceptors (Lipinski definition) is 4. The molecular formula is C12H13N3O. The first-order chi connectivity index (χ1) is 7.81. The molecule has 0 saturated carbocycles. The molecule has 2 rings (SSSR count). The highest BCUT2D eigenvalue weighted by Crippen LogP contribution is 2.20. The Balaban J connectivity index is 2.30. The highest BCUT2D eigenvalue weighted by Gasteiger charge is 2.05. The zero-order chi connectivity index (χ0) is 11.4. The molecule has 4 nitrogen and oxygen atoms in total. The van der Waals surface area contributed by atoms with Gasteiger partial charge in [-0.25, -0.2) is 9.97 Å². The van der Waals surface area contributed by atoms with Gasteiger partial charge < -0.3 is 10.0 Å². The van der Waals surface area contributed by atoms with Gasteiger partial charge in [-0.15, -0.1) is 0 Å². The maximum absolute atomic E-state index is 8.97. The first-order valence-corrected chi connectivity index (χ1v) is 5.03. The van der Waals surface area contributed by atoms with Crippen molar-refractivity contribution in [3.05, 3.63) is 48.4 Å². The van der Waals surface area contributed by atoms with Crippen molar-refractivity contribution >= 4 is 11.5 Å². The number of anilines is 2. The summed E-state index contributed by atoms with van der Waals surface area (Å²) in [5, 5.41) is 8.97. The van der Waals surface area contributed by atoms with E-state index < -0.39 is 0 Å². The van der Waals surface area contributed by atoms with E-state index in [9.17, 15) is 0 Å². The van der Waals surface area contributed by atoms with Crippen LogP contribution in [0.4, 0.5) is 11.5 Å². The summed E-state index contributed by atoms with van der Waals surface area (Å²) in [5.74, 6) is 1.20. The van der Waals surface area contributed by atoms with Gasteiger partial charge in [0.1, 0.15) is 12.4 Å². The van der Waals surface area contributed by atoms with Crippen molar-refractivity contribution in [1.29, 1.82) is 0 Å². The van der Waals surface area contributed by atoms with E-state index in [4.69, 9.17) is 5.11 Å². The van der Waals surface area contributed by atoms with Crippen LogP contribution >= 0.6 is 0 Å². The van der Waals surface area contributed by atoms with Gasteiger partial charge in [0.25, 0.3) is 0 Å². The van der Waals surface area contributed by atoms with Crippen LogP contribution in [0.15, 0.2) is 42.6 Å². The van der Waals surface area contributed by atoms with Crippen molar-refractivity contribution < 1.29 is 5.11 Å². The Bertz CT molecular complexity index is 459. The molecule has 0 atom stereocenters. The number of aromatic nitrogens is 2. The minimum Gasteiger partial charge on any atom is -0.388 e. The summed E-state index contributed by atoms with van der Waals surface area (Å²) in [6, 6.07) is 11.7. The molecule has 0 amide bonds. The summed E-state index contributed by atoms with van der Waals surface area (Å²) in [5.41, 5.74) is 1.05. The van der Waals surface area contributed by atoms with Crippen LogP contribution < -0.4 is 4.90 Å². The van der Waals surface area contributed by atoms with E-state index in [0.717, 1.165) is 11.5 Å². The van der Waals surface area contributed by atoms with Crippen LogP contribution in [0.1, 0.15) is 5.82 Å². The van der Waals surface area contributed by atoms with E-state index in [2.05, 4.69) is 9.97 Å². The van der Waals surface area contributed by atoms with E-state index >= 15 is 0 Å². The lowest BCUT2D eigenvalue weighted by molar-refractivity contribution is 0.271. The molecule has 0 fully saturated rings. The number of rotatable bonds is 3. The third-order valence-corrected chi connectivity index (χ3v) is 2.32. The van der Waals surface area contributed by atoms with Crippen LogP contribution in [0, 0.1) is 0 Å². The van der Waals surface area contributed by atoms with Crippen molar-refractivity contribution in [3.63, 3.8) is 0 Å². The summed E-state index contributed by atoms with van der Waals surface area (Å²) in [6.07, 6.45) is 1.65. The molecular weight excluding hydrogens is 202 g/mol. The molecule has 2 aromatic rings. The molecule has 0 aliphatic heterocycles. The van der Waals surface area contributed by atoms with Gasteiger partial charge in [0.15, 0.2) is 5.82 Å². The highest BCUT2D eigenvalue weighted by atomic mass is 16.3. The monoisotopic (exact) mass is 215 g/mol. The second-order valence-corrected chi connectivity index (χ2v) is 3.38. The van der Waals surface area contributed by atoms with Crippen LogP contribution in [0.5, 0.6) is 0 Å². The molecule has 1 N–H and O–H groups in total. The third kappa shape index (κ3) is 2.17. The first kappa shape index (κ1) is 10.6. The van der Waals surface area contributed by atoms with E-state index in [0.29, 0.717) is 5.82 Å². The first-order valence-electron chi connectivity index (χ1n) is 5.03. The Morgan fingerprint density at radius 1 is 1.19 bits per heavy atom. The van der Waals surface area contributed by atoms with Gasteiger partial charge >= 0.3 is 0 Å². The van der Waals surface area contributed by atoms with E-state index in [-0.39, 0.29) is 6.61 Å². The van der Waals surface area contributed by atoms with Crippen molar-refractivity contribution in [1.82, 2.24) is 9.97 Å². The summed E-state index contributed by atoms with van der Waals surface area (Å²) in [4.78, 5) is 10.1. The zero-order valence-corrected chi connectivity index (χ0v) is 9.04. The molecule has 0 saturated heterocycles. The van der Waals surface area contributed by atoms with Crippen LogP contribution in [-0.4, -0.2) is 22.1 Å². The van der Waals surface area contributed by atoms with E-state index in [1.807, 2.05) is 48.3 Å². The van der Waals surface area contributed by atoms with Gasteiger partial charge in [-0.1, -0.05) is 18.2 Å². The average Bonchev–Trinajstić information content (AvgIpc) is 2.39. The summed E-state index contributed by atoms with van der Waals surface area (Å²) >= 11 is 0. The number of aliphatic hydroxyl groups excluding tert-OH is 1. The smallest absolute Gasteiger partial charge is 0.156 e. The molecule has 0 unspecified atom stereocenters. The molecule has 82 valence electrons. The molecule has 0 spiro atoms. The molecule has 16 heavy (non-hydrogen) atoms. The lowest BCUT2D eigenvalue weighted by Gasteiger charge is -2.18. The van der Waals surface area contributed by atoms with E-state index in [1.54, 1.807) is 6.20 Å².